The van der Waals surface area contributed by atoms with Gasteiger partial charge in [0.25, 0.3) is 5.91 Å². The topological polar surface area (TPSA) is 72.7 Å². The van der Waals surface area contributed by atoms with Crippen molar-refractivity contribution in [3.8, 4) is 0 Å². The van der Waals surface area contributed by atoms with Gasteiger partial charge in [0.2, 0.25) is 0 Å². The Kier molecular flexibility index (Phi) is 2.98. The van der Waals surface area contributed by atoms with Gasteiger partial charge in [0.1, 0.15) is 11.5 Å². The van der Waals surface area contributed by atoms with Gasteiger partial charge in [-0.1, -0.05) is 6.07 Å². The minimum absolute atomic E-state index is 0.181. The number of aromatic nitrogens is 4. The number of aryl methyl sites for hydroxylation is 2. The highest BCUT2D eigenvalue weighted by molar-refractivity contribution is 5.92. The van der Waals surface area contributed by atoms with Crippen LogP contribution in [-0.4, -0.2) is 25.7 Å². The number of nitrogens with one attached hydrogen (secondary N) is 1. The number of rotatable bonds is 3. The summed E-state index contributed by atoms with van der Waals surface area (Å²) in [6, 6.07) is 5.39. The van der Waals surface area contributed by atoms with Gasteiger partial charge < -0.3 is 9.88 Å². The standard InChI is InChI=1S/C13H15N5O/c1-9-4-2-5-10(15-9)13(19)14-8-12-17-16-11-6-3-7-18(11)12/h2,4-5H,3,6-8H2,1H3,(H,14,19). The number of fused-ring (bicyclic) bond motifs is 1. The number of carbonyl (C=O) groups is 1. The Bertz CT molecular complexity index is 619. The van der Waals surface area contributed by atoms with E-state index >= 15 is 0 Å². The summed E-state index contributed by atoms with van der Waals surface area (Å²) in [6.45, 7) is 3.19. The SMILES string of the molecule is Cc1cccc(C(=O)NCc2nnc3n2CCC3)n1. The highest BCUT2D eigenvalue weighted by Crippen LogP contribution is 2.13. The van der Waals surface area contributed by atoms with Crippen molar-refractivity contribution in [1.82, 2.24) is 25.1 Å². The third-order valence-corrected chi connectivity index (χ3v) is 3.21. The van der Waals surface area contributed by atoms with Crippen LogP contribution in [0.5, 0.6) is 0 Å². The van der Waals surface area contributed by atoms with E-state index in [-0.39, 0.29) is 5.91 Å². The van der Waals surface area contributed by atoms with Crippen molar-refractivity contribution >= 4 is 5.91 Å². The average Bonchev–Trinajstić information content (AvgIpc) is 2.99. The zero-order valence-electron chi connectivity index (χ0n) is 10.8. The maximum Gasteiger partial charge on any atom is 0.270 e. The Balaban J connectivity index is 1.67. The molecule has 0 saturated heterocycles. The summed E-state index contributed by atoms with van der Waals surface area (Å²) in [4.78, 5) is 16.2. The van der Waals surface area contributed by atoms with Gasteiger partial charge in [-0.2, -0.15) is 0 Å². The smallest absolute Gasteiger partial charge is 0.270 e. The molecule has 0 atom stereocenters. The number of pyridine rings is 1. The molecular weight excluding hydrogens is 242 g/mol. The number of amides is 1. The van der Waals surface area contributed by atoms with Crippen LogP contribution in [0.2, 0.25) is 0 Å². The van der Waals surface area contributed by atoms with E-state index in [1.807, 2.05) is 19.1 Å². The van der Waals surface area contributed by atoms with Crippen LogP contribution in [-0.2, 0) is 19.5 Å². The van der Waals surface area contributed by atoms with Crippen LogP contribution < -0.4 is 5.32 Å². The van der Waals surface area contributed by atoms with Crippen LogP contribution in [0.15, 0.2) is 18.2 Å². The Labute approximate surface area is 110 Å². The average molecular weight is 257 g/mol. The molecule has 98 valence electrons. The summed E-state index contributed by atoms with van der Waals surface area (Å²) in [5, 5.41) is 11.0. The van der Waals surface area contributed by atoms with E-state index in [4.69, 9.17) is 0 Å². The quantitative estimate of drug-likeness (QED) is 0.885. The molecule has 1 N–H and O–H groups in total. The van der Waals surface area contributed by atoms with Gasteiger partial charge in [-0.15, -0.1) is 10.2 Å². The largest absolute Gasteiger partial charge is 0.343 e. The van der Waals surface area contributed by atoms with Crippen LogP contribution in [0.4, 0.5) is 0 Å². The maximum absolute atomic E-state index is 12.0. The lowest BCUT2D eigenvalue weighted by molar-refractivity contribution is 0.0944. The van der Waals surface area contributed by atoms with Gasteiger partial charge >= 0.3 is 0 Å². The molecule has 19 heavy (non-hydrogen) atoms. The van der Waals surface area contributed by atoms with Crippen molar-refractivity contribution in [3.05, 3.63) is 41.2 Å². The second-order valence-corrected chi connectivity index (χ2v) is 4.63. The molecule has 3 rings (SSSR count). The molecule has 1 aliphatic rings. The maximum atomic E-state index is 12.0. The van der Waals surface area contributed by atoms with Crippen molar-refractivity contribution in [2.75, 3.05) is 0 Å². The first kappa shape index (κ1) is 11.8. The zero-order chi connectivity index (χ0) is 13.2. The van der Waals surface area contributed by atoms with Crippen LogP contribution in [0.3, 0.4) is 0 Å². The third-order valence-electron chi connectivity index (χ3n) is 3.21. The van der Waals surface area contributed by atoms with E-state index in [9.17, 15) is 4.79 Å². The van der Waals surface area contributed by atoms with Gasteiger partial charge in [0, 0.05) is 18.7 Å². The first-order valence-electron chi connectivity index (χ1n) is 6.37. The fraction of sp³-hybridized carbons (Fsp3) is 0.385. The minimum Gasteiger partial charge on any atom is -0.343 e. The van der Waals surface area contributed by atoms with Crippen molar-refractivity contribution < 1.29 is 4.79 Å². The zero-order valence-corrected chi connectivity index (χ0v) is 10.8. The monoisotopic (exact) mass is 257 g/mol. The first-order valence-corrected chi connectivity index (χ1v) is 6.37. The van der Waals surface area contributed by atoms with E-state index in [1.165, 1.54) is 0 Å². The van der Waals surface area contributed by atoms with E-state index in [0.29, 0.717) is 12.2 Å². The van der Waals surface area contributed by atoms with Crippen LogP contribution in [0.1, 0.15) is 34.3 Å². The van der Waals surface area contributed by atoms with Gasteiger partial charge in [0.15, 0.2) is 5.82 Å². The highest BCUT2D eigenvalue weighted by atomic mass is 16.1. The van der Waals surface area contributed by atoms with Gasteiger partial charge in [-0.3, -0.25) is 4.79 Å². The molecule has 0 aliphatic carbocycles. The van der Waals surface area contributed by atoms with Crippen LogP contribution >= 0.6 is 0 Å². The normalized spacial score (nSPS) is 13.3. The van der Waals surface area contributed by atoms with E-state index in [0.717, 1.165) is 36.7 Å². The van der Waals surface area contributed by atoms with Crippen molar-refractivity contribution in [2.24, 2.45) is 0 Å². The molecule has 0 unspecified atom stereocenters. The predicted molar refractivity (Wildman–Crippen MR) is 68.5 cm³/mol. The van der Waals surface area contributed by atoms with Crippen LogP contribution in [0, 0.1) is 6.92 Å². The highest BCUT2D eigenvalue weighted by Gasteiger charge is 2.17. The Morgan fingerprint density at radius 3 is 3.16 bits per heavy atom. The molecule has 2 aromatic rings. The molecule has 0 spiro atoms. The van der Waals surface area contributed by atoms with E-state index < -0.39 is 0 Å². The molecule has 2 aromatic heterocycles. The molecule has 3 heterocycles. The van der Waals surface area contributed by atoms with Gasteiger partial charge in [-0.25, -0.2) is 4.98 Å². The molecule has 0 aromatic carbocycles. The summed E-state index contributed by atoms with van der Waals surface area (Å²) in [5.74, 6) is 1.64. The Hall–Kier alpha value is -2.24. The summed E-state index contributed by atoms with van der Waals surface area (Å²) in [6.07, 6.45) is 2.08. The number of hydrogen-bond acceptors (Lipinski definition) is 4. The van der Waals surface area contributed by atoms with Gasteiger partial charge in [0.05, 0.1) is 6.54 Å². The van der Waals surface area contributed by atoms with Crippen molar-refractivity contribution in [1.29, 1.82) is 0 Å². The molecule has 6 heteroatoms. The molecule has 6 nitrogen and oxygen atoms in total. The van der Waals surface area contributed by atoms with Crippen molar-refractivity contribution in [3.63, 3.8) is 0 Å². The number of hydrogen-bond donors (Lipinski definition) is 1. The lowest BCUT2D eigenvalue weighted by Gasteiger charge is -2.05. The molecule has 1 aliphatic heterocycles. The number of nitrogens with zero attached hydrogens (tertiary/aromatic N) is 4. The summed E-state index contributed by atoms with van der Waals surface area (Å²) < 4.78 is 2.07. The minimum atomic E-state index is -0.181. The Morgan fingerprint density at radius 1 is 1.42 bits per heavy atom. The second-order valence-electron chi connectivity index (χ2n) is 4.63. The Morgan fingerprint density at radius 2 is 2.32 bits per heavy atom. The molecule has 0 bridgehead atoms. The summed E-state index contributed by atoms with van der Waals surface area (Å²) in [5.41, 5.74) is 1.26. The lowest BCUT2D eigenvalue weighted by atomic mass is 10.3. The molecule has 0 fully saturated rings. The van der Waals surface area contributed by atoms with Crippen LogP contribution in [0.25, 0.3) is 0 Å². The van der Waals surface area contributed by atoms with E-state index in [2.05, 4.69) is 25.1 Å². The molecule has 0 saturated carbocycles. The third kappa shape index (κ3) is 2.33. The predicted octanol–water partition coefficient (Wildman–Crippen LogP) is 0.858. The summed E-state index contributed by atoms with van der Waals surface area (Å²) in [7, 11) is 0. The molecule has 0 radical (unpaired) electrons. The summed E-state index contributed by atoms with van der Waals surface area (Å²) >= 11 is 0. The molecular formula is C13H15N5O. The van der Waals surface area contributed by atoms with E-state index in [1.54, 1.807) is 6.07 Å². The lowest BCUT2D eigenvalue weighted by Crippen LogP contribution is -2.25. The van der Waals surface area contributed by atoms with Crippen molar-refractivity contribution in [2.45, 2.75) is 32.9 Å². The van der Waals surface area contributed by atoms with Gasteiger partial charge in [-0.05, 0) is 25.5 Å². The fourth-order valence-electron chi connectivity index (χ4n) is 2.26. The second kappa shape index (κ2) is 4.79. The molecule has 1 amide bonds. The fourth-order valence-corrected chi connectivity index (χ4v) is 2.26. The number of carbonyl (C=O) groups excluding carboxylic acids is 1. The first-order chi connectivity index (χ1) is 9.24.